The van der Waals surface area contributed by atoms with Crippen LogP contribution in [0.4, 0.5) is 11.4 Å². The average molecular weight is 275 g/mol. The molecular weight excluding hydrogens is 260 g/mol. The number of nitrogens with two attached hydrogens (primary N) is 1. The number of carbonyl (C=O) groups is 1. The third kappa shape index (κ3) is 3.26. The predicted octanol–water partition coefficient (Wildman–Crippen LogP) is 3.79. The Bertz CT molecular complexity index is 618. The summed E-state index contributed by atoms with van der Waals surface area (Å²) in [5.41, 5.74) is 9.48. The Kier molecular flexibility index (Phi) is 3.76. The van der Waals surface area contributed by atoms with Gasteiger partial charge in [-0.2, -0.15) is 0 Å². The van der Waals surface area contributed by atoms with Crippen LogP contribution in [0.2, 0.25) is 5.02 Å². The van der Waals surface area contributed by atoms with Gasteiger partial charge in [0, 0.05) is 22.0 Å². The van der Waals surface area contributed by atoms with Gasteiger partial charge in [-0.3, -0.25) is 4.79 Å². The summed E-state index contributed by atoms with van der Waals surface area (Å²) in [4.78, 5) is 12.2. The Morgan fingerprint density at radius 1 is 1.16 bits per heavy atom. The maximum Gasteiger partial charge on any atom is 0.255 e. The highest BCUT2D eigenvalue weighted by Gasteiger charge is 2.09. The Balaban J connectivity index is 2.28. The first kappa shape index (κ1) is 13.4. The summed E-state index contributed by atoms with van der Waals surface area (Å²) in [5, 5.41) is 3.39. The van der Waals surface area contributed by atoms with Crippen LogP contribution in [0.3, 0.4) is 0 Å². The fourth-order valence-electron chi connectivity index (χ4n) is 1.84. The molecule has 0 bridgehead atoms. The first-order valence-electron chi connectivity index (χ1n) is 5.90. The molecular formula is C15H15ClN2O. The fraction of sp³-hybridized carbons (Fsp3) is 0.133. The molecule has 2 rings (SSSR count). The Morgan fingerprint density at radius 3 is 2.58 bits per heavy atom. The molecule has 1 amide bonds. The topological polar surface area (TPSA) is 55.1 Å². The molecule has 3 nitrogen and oxygen atoms in total. The van der Waals surface area contributed by atoms with Crippen LogP contribution in [-0.2, 0) is 0 Å². The maximum absolute atomic E-state index is 12.2. The molecule has 0 fully saturated rings. The minimum absolute atomic E-state index is 0.195. The van der Waals surface area contributed by atoms with Gasteiger partial charge < -0.3 is 11.1 Å². The molecule has 0 heterocycles. The van der Waals surface area contributed by atoms with E-state index in [9.17, 15) is 4.79 Å². The Morgan fingerprint density at radius 2 is 1.89 bits per heavy atom. The summed E-state index contributed by atoms with van der Waals surface area (Å²) in [6.45, 7) is 3.81. The van der Waals surface area contributed by atoms with Crippen molar-refractivity contribution in [2.75, 3.05) is 11.1 Å². The summed E-state index contributed by atoms with van der Waals surface area (Å²) >= 11 is 5.95. The van der Waals surface area contributed by atoms with Crippen LogP contribution in [-0.4, -0.2) is 5.91 Å². The number of hydrogen-bond donors (Lipinski definition) is 2. The Labute approximate surface area is 117 Å². The summed E-state index contributed by atoms with van der Waals surface area (Å²) in [6.07, 6.45) is 0. The van der Waals surface area contributed by atoms with Gasteiger partial charge in [0.15, 0.2) is 0 Å². The summed E-state index contributed by atoms with van der Waals surface area (Å²) < 4.78 is 0. The molecule has 0 spiro atoms. The van der Waals surface area contributed by atoms with E-state index in [2.05, 4.69) is 5.32 Å². The summed E-state index contributed by atoms with van der Waals surface area (Å²) in [7, 11) is 0. The molecule has 2 aromatic rings. The molecule has 4 heteroatoms. The molecule has 2 aromatic carbocycles. The number of carbonyl (C=O) groups excluding carboxylic acids is 1. The van der Waals surface area contributed by atoms with Gasteiger partial charge in [-0.1, -0.05) is 17.7 Å². The molecule has 3 N–H and O–H groups in total. The zero-order valence-electron chi connectivity index (χ0n) is 10.8. The zero-order valence-corrected chi connectivity index (χ0v) is 11.6. The van der Waals surface area contributed by atoms with Crippen molar-refractivity contribution in [2.45, 2.75) is 13.8 Å². The number of benzene rings is 2. The number of nitrogen functional groups attached to an aromatic ring is 1. The van der Waals surface area contributed by atoms with E-state index in [1.807, 2.05) is 26.0 Å². The van der Waals surface area contributed by atoms with Crippen LogP contribution < -0.4 is 11.1 Å². The van der Waals surface area contributed by atoms with Crippen LogP contribution in [0.15, 0.2) is 36.4 Å². The number of rotatable bonds is 2. The van der Waals surface area contributed by atoms with E-state index < -0.39 is 0 Å². The molecule has 0 aliphatic heterocycles. The predicted molar refractivity (Wildman–Crippen MR) is 79.7 cm³/mol. The highest BCUT2D eigenvalue weighted by molar-refractivity contribution is 6.31. The standard InChI is InChI=1S/C15H15ClN2O/c1-9-5-11(7-12(16)6-9)15(19)18-14-8-13(17)4-3-10(14)2/h3-8H,17H2,1-2H3,(H,18,19). The highest BCUT2D eigenvalue weighted by Crippen LogP contribution is 2.20. The van der Waals surface area contributed by atoms with E-state index in [0.29, 0.717) is 22.0 Å². The van der Waals surface area contributed by atoms with Gasteiger partial charge in [0.1, 0.15) is 0 Å². The van der Waals surface area contributed by atoms with Crippen molar-refractivity contribution in [1.82, 2.24) is 0 Å². The molecule has 0 atom stereocenters. The van der Waals surface area contributed by atoms with Gasteiger partial charge in [-0.15, -0.1) is 0 Å². The van der Waals surface area contributed by atoms with Gasteiger partial charge in [0.05, 0.1) is 0 Å². The quantitative estimate of drug-likeness (QED) is 0.819. The second kappa shape index (κ2) is 5.33. The molecule has 0 radical (unpaired) electrons. The number of hydrogen-bond acceptors (Lipinski definition) is 2. The lowest BCUT2D eigenvalue weighted by Crippen LogP contribution is -2.13. The van der Waals surface area contributed by atoms with Gasteiger partial charge in [0.25, 0.3) is 5.91 Å². The van der Waals surface area contributed by atoms with Gasteiger partial charge in [-0.05, 0) is 55.3 Å². The first-order valence-corrected chi connectivity index (χ1v) is 6.28. The third-order valence-corrected chi connectivity index (χ3v) is 3.03. The lowest BCUT2D eigenvalue weighted by atomic mass is 10.1. The molecule has 0 aliphatic rings. The van der Waals surface area contributed by atoms with Crippen molar-refractivity contribution >= 4 is 28.9 Å². The van der Waals surface area contributed by atoms with E-state index >= 15 is 0 Å². The second-order valence-electron chi connectivity index (χ2n) is 4.55. The summed E-state index contributed by atoms with van der Waals surface area (Å²) in [6, 6.07) is 10.7. The van der Waals surface area contributed by atoms with Crippen LogP contribution in [0.5, 0.6) is 0 Å². The number of aryl methyl sites for hydroxylation is 2. The molecule has 98 valence electrons. The minimum Gasteiger partial charge on any atom is -0.399 e. The van der Waals surface area contributed by atoms with Crippen LogP contribution in [0, 0.1) is 13.8 Å². The molecule has 0 aliphatic carbocycles. The molecule has 19 heavy (non-hydrogen) atoms. The zero-order chi connectivity index (χ0) is 14.0. The van der Waals surface area contributed by atoms with Crippen molar-refractivity contribution in [3.8, 4) is 0 Å². The lowest BCUT2D eigenvalue weighted by Gasteiger charge is -2.10. The van der Waals surface area contributed by atoms with Crippen LogP contribution >= 0.6 is 11.6 Å². The van der Waals surface area contributed by atoms with E-state index in [-0.39, 0.29) is 5.91 Å². The smallest absolute Gasteiger partial charge is 0.255 e. The van der Waals surface area contributed by atoms with Crippen LogP contribution in [0.1, 0.15) is 21.5 Å². The number of amides is 1. The highest BCUT2D eigenvalue weighted by atomic mass is 35.5. The van der Waals surface area contributed by atoms with E-state index in [1.165, 1.54) is 0 Å². The number of nitrogens with one attached hydrogen (secondary N) is 1. The van der Waals surface area contributed by atoms with Crippen molar-refractivity contribution in [1.29, 1.82) is 0 Å². The van der Waals surface area contributed by atoms with E-state index in [1.54, 1.807) is 24.3 Å². The number of halogens is 1. The van der Waals surface area contributed by atoms with Gasteiger partial charge in [0.2, 0.25) is 0 Å². The lowest BCUT2D eigenvalue weighted by molar-refractivity contribution is 0.102. The van der Waals surface area contributed by atoms with Gasteiger partial charge >= 0.3 is 0 Å². The van der Waals surface area contributed by atoms with E-state index in [4.69, 9.17) is 17.3 Å². The van der Waals surface area contributed by atoms with Crippen molar-refractivity contribution in [3.05, 3.63) is 58.1 Å². The second-order valence-corrected chi connectivity index (χ2v) is 4.98. The number of anilines is 2. The van der Waals surface area contributed by atoms with Crippen molar-refractivity contribution in [3.63, 3.8) is 0 Å². The van der Waals surface area contributed by atoms with Gasteiger partial charge in [-0.25, -0.2) is 0 Å². The van der Waals surface area contributed by atoms with Crippen LogP contribution in [0.25, 0.3) is 0 Å². The maximum atomic E-state index is 12.2. The molecule has 0 saturated heterocycles. The SMILES string of the molecule is Cc1cc(Cl)cc(C(=O)Nc2cc(N)ccc2C)c1. The molecule has 0 saturated carbocycles. The first-order chi connectivity index (χ1) is 8.95. The average Bonchev–Trinajstić information content (AvgIpc) is 2.32. The fourth-order valence-corrected chi connectivity index (χ4v) is 2.13. The van der Waals surface area contributed by atoms with E-state index in [0.717, 1.165) is 11.1 Å². The summed E-state index contributed by atoms with van der Waals surface area (Å²) in [5.74, 6) is -0.195. The minimum atomic E-state index is -0.195. The monoisotopic (exact) mass is 274 g/mol. The van der Waals surface area contributed by atoms with Crippen molar-refractivity contribution < 1.29 is 4.79 Å². The molecule has 0 unspecified atom stereocenters. The van der Waals surface area contributed by atoms with Crippen molar-refractivity contribution in [2.24, 2.45) is 0 Å². The molecule has 0 aromatic heterocycles. The Hall–Kier alpha value is -2.00. The third-order valence-electron chi connectivity index (χ3n) is 2.81. The largest absolute Gasteiger partial charge is 0.399 e. The normalized spacial score (nSPS) is 10.3.